The predicted octanol–water partition coefficient (Wildman–Crippen LogP) is 6.14. The van der Waals surface area contributed by atoms with E-state index in [1.165, 1.54) is 18.2 Å². The van der Waals surface area contributed by atoms with E-state index < -0.39 is 18.1 Å². The molecule has 1 aromatic heterocycles. The van der Waals surface area contributed by atoms with Crippen LogP contribution in [0, 0.1) is 12.8 Å². The summed E-state index contributed by atoms with van der Waals surface area (Å²) >= 11 is 0. The molecule has 2 atom stereocenters. The first-order valence-corrected chi connectivity index (χ1v) is 12.3. The molecule has 0 aliphatic heterocycles. The van der Waals surface area contributed by atoms with Crippen LogP contribution in [0.2, 0.25) is 0 Å². The number of amides is 1. The predicted molar refractivity (Wildman–Crippen MR) is 142 cm³/mol. The quantitative estimate of drug-likeness (QED) is 0.211. The van der Waals surface area contributed by atoms with Gasteiger partial charge in [-0.25, -0.2) is 9.59 Å². The molecule has 0 saturated heterocycles. The van der Waals surface area contributed by atoms with Gasteiger partial charge in [0.2, 0.25) is 11.2 Å². The van der Waals surface area contributed by atoms with E-state index in [2.05, 4.69) is 5.32 Å². The summed E-state index contributed by atoms with van der Waals surface area (Å²) in [6.45, 7) is 5.45. The van der Waals surface area contributed by atoms with Crippen molar-refractivity contribution in [3.63, 3.8) is 0 Å². The molecule has 2 unspecified atom stereocenters. The molecule has 0 aliphatic rings. The first-order valence-electron chi connectivity index (χ1n) is 12.3. The molecule has 0 spiro atoms. The van der Waals surface area contributed by atoms with E-state index in [1.807, 2.05) is 50.2 Å². The minimum Gasteiger partial charge on any atom is -0.457 e. The van der Waals surface area contributed by atoms with E-state index in [-0.39, 0.29) is 46.2 Å². The molecular formula is C30H29NO7. The Labute approximate surface area is 220 Å². The van der Waals surface area contributed by atoms with Gasteiger partial charge in [-0.3, -0.25) is 4.79 Å². The van der Waals surface area contributed by atoms with Gasteiger partial charge in [0.05, 0.1) is 5.39 Å². The second-order valence-electron chi connectivity index (χ2n) is 8.88. The smallest absolute Gasteiger partial charge is 0.408 e. The molecule has 3 aromatic carbocycles. The van der Waals surface area contributed by atoms with Crippen molar-refractivity contribution >= 4 is 23.0 Å². The molecule has 0 saturated carbocycles. The lowest BCUT2D eigenvalue weighted by Gasteiger charge is -2.22. The van der Waals surface area contributed by atoms with E-state index in [9.17, 15) is 14.4 Å². The van der Waals surface area contributed by atoms with Gasteiger partial charge in [-0.2, -0.15) is 0 Å². The Hall–Kier alpha value is -4.59. The molecule has 0 fully saturated rings. The standard InChI is InChI=1S/C30H29NO7/c1-4-19(2)26(31-30(34)35-18-21-11-7-5-8-12-21)29(33)38-23-15-16-24-25(17-23)36-20(3)28(27(24)32)37-22-13-9-6-10-14-22/h5-17,19,26H,4,18H2,1-3H3,(H,31,34). The monoisotopic (exact) mass is 515 g/mol. The number of ether oxygens (including phenoxy) is 3. The molecule has 1 N–H and O–H groups in total. The highest BCUT2D eigenvalue weighted by Gasteiger charge is 2.29. The van der Waals surface area contributed by atoms with Crippen molar-refractivity contribution in [2.75, 3.05) is 0 Å². The molecule has 0 aliphatic carbocycles. The summed E-state index contributed by atoms with van der Waals surface area (Å²) in [5, 5.41) is 2.90. The van der Waals surface area contributed by atoms with Crippen molar-refractivity contribution in [2.24, 2.45) is 5.92 Å². The van der Waals surface area contributed by atoms with E-state index in [1.54, 1.807) is 31.2 Å². The lowest BCUT2D eigenvalue weighted by Crippen LogP contribution is -2.47. The highest BCUT2D eigenvalue weighted by Crippen LogP contribution is 2.27. The molecule has 38 heavy (non-hydrogen) atoms. The number of carbonyl (C=O) groups is 2. The van der Waals surface area contributed by atoms with E-state index in [0.29, 0.717) is 12.2 Å². The Morgan fingerprint density at radius 2 is 1.63 bits per heavy atom. The molecule has 1 amide bonds. The summed E-state index contributed by atoms with van der Waals surface area (Å²) in [6.07, 6.45) is -0.100. The van der Waals surface area contributed by atoms with Crippen LogP contribution in [0.5, 0.6) is 17.2 Å². The third kappa shape index (κ3) is 6.39. The van der Waals surface area contributed by atoms with Crippen LogP contribution in [0.15, 0.2) is 88.1 Å². The maximum atomic E-state index is 13.1. The lowest BCUT2D eigenvalue weighted by molar-refractivity contribution is -0.138. The molecule has 8 heteroatoms. The van der Waals surface area contributed by atoms with E-state index in [0.717, 1.165) is 5.56 Å². The van der Waals surface area contributed by atoms with Gasteiger partial charge in [-0.1, -0.05) is 68.8 Å². The second kappa shape index (κ2) is 12.1. The highest BCUT2D eigenvalue weighted by atomic mass is 16.6. The Kier molecular flexibility index (Phi) is 8.43. The number of fused-ring (bicyclic) bond motifs is 1. The molecule has 4 aromatic rings. The van der Waals surface area contributed by atoms with Gasteiger partial charge in [-0.05, 0) is 42.7 Å². The fraction of sp³-hybridized carbons (Fsp3) is 0.233. The van der Waals surface area contributed by atoms with Crippen molar-refractivity contribution in [3.8, 4) is 17.2 Å². The number of alkyl carbamates (subject to hydrolysis) is 1. The van der Waals surface area contributed by atoms with Crippen LogP contribution in [0.25, 0.3) is 11.0 Å². The first-order chi connectivity index (χ1) is 18.4. The molecule has 0 radical (unpaired) electrons. The Bertz CT molecular complexity index is 1460. The maximum absolute atomic E-state index is 13.1. The number of hydrogen-bond donors (Lipinski definition) is 1. The number of nitrogens with one attached hydrogen (secondary N) is 1. The maximum Gasteiger partial charge on any atom is 0.408 e. The number of benzene rings is 3. The van der Waals surface area contributed by atoms with Crippen LogP contribution in [0.1, 0.15) is 31.6 Å². The molecule has 196 valence electrons. The summed E-state index contributed by atoms with van der Waals surface area (Å²) in [7, 11) is 0. The van der Waals surface area contributed by atoms with Crippen molar-refractivity contribution in [1.82, 2.24) is 5.32 Å². The summed E-state index contributed by atoms with van der Waals surface area (Å²) < 4.78 is 22.4. The summed E-state index contributed by atoms with van der Waals surface area (Å²) in [6, 6.07) is 21.7. The fourth-order valence-electron chi connectivity index (χ4n) is 3.80. The van der Waals surface area contributed by atoms with Crippen LogP contribution in [0.3, 0.4) is 0 Å². The zero-order valence-electron chi connectivity index (χ0n) is 21.4. The van der Waals surface area contributed by atoms with Gasteiger partial charge < -0.3 is 23.9 Å². The van der Waals surface area contributed by atoms with Crippen LogP contribution in [-0.2, 0) is 16.1 Å². The lowest BCUT2D eigenvalue weighted by atomic mass is 9.99. The third-order valence-electron chi connectivity index (χ3n) is 6.12. The van der Waals surface area contributed by atoms with Gasteiger partial charge in [0.25, 0.3) is 0 Å². The van der Waals surface area contributed by atoms with E-state index >= 15 is 0 Å². The number of hydrogen-bond acceptors (Lipinski definition) is 7. The molecule has 4 rings (SSSR count). The highest BCUT2D eigenvalue weighted by molar-refractivity contribution is 5.85. The van der Waals surface area contributed by atoms with Crippen LogP contribution < -0.4 is 20.2 Å². The number of para-hydroxylation sites is 1. The largest absolute Gasteiger partial charge is 0.457 e. The summed E-state index contributed by atoms with van der Waals surface area (Å²) in [5.41, 5.74) is 0.731. The molecule has 0 bridgehead atoms. The normalized spacial score (nSPS) is 12.4. The number of aryl methyl sites for hydroxylation is 1. The summed E-state index contributed by atoms with van der Waals surface area (Å²) in [5.74, 6) is 0.190. The molecule has 1 heterocycles. The minimum absolute atomic E-state index is 0.0774. The zero-order chi connectivity index (χ0) is 27.1. The Morgan fingerprint density at radius 1 is 0.947 bits per heavy atom. The van der Waals surface area contributed by atoms with Crippen LogP contribution >= 0.6 is 0 Å². The average molecular weight is 516 g/mol. The van der Waals surface area contributed by atoms with Crippen molar-refractivity contribution < 1.29 is 28.2 Å². The zero-order valence-corrected chi connectivity index (χ0v) is 21.4. The van der Waals surface area contributed by atoms with Gasteiger partial charge in [0.15, 0.2) is 0 Å². The SMILES string of the molecule is CCC(C)C(NC(=O)OCc1ccccc1)C(=O)Oc1ccc2c(=O)c(Oc3ccccc3)c(C)oc2c1. The number of esters is 1. The van der Waals surface area contributed by atoms with Crippen LogP contribution in [-0.4, -0.2) is 18.1 Å². The summed E-state index contributed by atoms with van der Waals surface area (Å²) in [4.78, 5) is 38.5. The van der Waals surface area contributed by atoms with Crippen LogP contribution in [0.4, 0.5) is 4.79 Å². The number of rotatable bonds is 9. The Morgan fingerprint density at radius 3 is 2.32 bits per heavy atom. The third-order valence-corrected chi connectivity index (χ3v) is 6.12. The van der Waals surface area contributed by atoms with Gasteiger partial charge in [0, 0.05) is 6.07 Å². The van der Waals surface area contributed by atoms with E-state index in [4.69, 9.17) is 18.6 Å². The van der Waals surface area contributed by atoms with Crippen molar-refractivity contribution in [1.29, 1.82) is 0 Å². The Balaban J connectivity index is 1.48. The van der Waals surface area contributed by atoms with Gasteiger partial charge in [0.1, 0.15) is 35.5 Å². The first kappa shape index (κ1) is 26.5. The molecular weight excluding hydrogens is 486 g/mol. The van der Waals surface area contributed by atoms with Crippen molar-refractivity contribution in [2.45, 2.75) is 39.8 Å². The van der Waals surface area contributed by atoms with Gasteiger partial charge in [-0.15, -0.1) is 0 Å². The average Bonchev–Trinajstić information content (AvgIpc) is 2.93. The number of carbonyl (C=O) groups excluding carboxylic acids is 2. The molecule has 8 nitrogen and oxygen atoms in total. The van der Waals surface area contributed by atoms with Gasteiger partial charge >= 0.3 is 12.1 Å². The minimum atomic E-state index is -0.936. The second-order valence-corrected chi connectivity index (χ2v) is 8.88. The fourth-order valence-corrected chi connectivity index (χ4v) is 3.80. The topological polar surface area (TPSA) is 104 Å². The van der Waals surface area contributed by atoms with Crippen molar-refractivity contribution in [3.05, 3.63) is 100 Å².